The summed E-state index contributed by atoms with van der Waals surface area (Å²) in [7, 11) is -4.33. The van der Waals surface area contributed by atoms with Crippen molar-refractivity contribution in [2.24, 2.45) is 5.14 Å². The van der Waals surface area contributed by atoms with E-state index in [4.69, 9.17) is 0 Å². The van der Waals surface area contributed by atoms with Gasteiger partial charge >= 0.3 is 0 Å². The van der Waals surface area contributed by atoms with Crippen LogP contribution in [0.2, 0.25) is 0 Å². The van der Waals surface area contributed by atoms with Gasteiger partial charge in [0.25, 0.3) is 16.4 Å². The molecule has 15 heavy (non-hydrogen) atoms. The van der Waals surface area contributed by atoms with Crippen molar-refractivity contribution in [2.45, 2.75) is 11.5 Å². The maximum atomic E-state index is 12.8. The van der Waals surface area contributed by atoms with Crippen LogP contribution in [0, 0.1) is 5.95 Å². The number of hydrogen-bond donors (Lipinski definition) is 2. The summed E-state index contributed by atoms with van der Waals surface area (Å²) in [4.78, 5) is 12.4. The largest absolute Gasteiger partial charge is 0.321 e. The Labute approximate surface area is 81.8 Å². The molecule has 5 nitrogen and oxygen atoms in total. The molecule has 3 N–H and O–H groups in total. The first-order valence-electron chi connectivity index (χ1n) is 3.47. The summed E-state index contributed by atoms with van der Waals surface area (Å²) in [6.45, 7) is 0. The molecule has 1 rings (SSSR count). The molecule has 0 unspecified atom stereocenters. The maximum Gasteiger partial charge on any atom is 0.271 e. The number of halogens is 3. The van der Waals surface area contributed by atoms with Crippen molar-refractivity contribution in [3.05, 3.63) is 27.8 Å². The lowest BCUT2D eigenvalue weighted by molar-refractivity contribution is 0.143. The van der Waals surface area contributed by atoms with Gasteiger partial charge in [-0.15, -0.1) is 0 Å². The number of hydrogen-bond acceptors (Lipinski definition) is 3. The molecule has 0 bridgehead atoms. The van der Waals surface area contributed by atoms with Crippen molar-refractivity contribution >= 4 is 10.0 Å². The van der Waals surface area contributed by atoms with E-state index in [1.807, 2.05) is 0 Å². The zero-order valence-corrected chi connectivity index (χ0v) is 7.82. The quantitative estimate of drug-likeness (QED) is 0.720. The van der Waals surface area contributed by atoms with Crippen LogP contribution in [0.25, 0.3) is 0 Å². The third-order valence-corrected chi connectivity index (χ3v) is 2.35. The van der Waals surface area contributed by atoms with Crippen LogP contribution in [-0.4, -0.2) is 13.4 Å². The molecule has 0 saturated carbocycles. The molecule has 0 aliphatic heterocycles. The first-order chi connectivity index (χ1) is 6.73. The molecule has 1 aromatic heterocycles. The van der Waals surface area contributed by atoms with Gasteiger partial charge in [0.15, 0.2) is 10.5 Å². The van der Waals surface area contributed by atoms with Crippen molar-refractivity contribution < 1.29 is 21.6 Å². The second kappa shape index (κ2) is 3.66. The monoisotopic (exact) mass is 242 g/mol. The summed E-state index contributed by atoms with van der Waals surface area (Å²) in [5.41, 5.74) is -2.84. The van der Waals surface area contributed by atoms with Gasteiger partial charge in [-0.05, 0) is 0 Å². The number of H-pyrrole nitrogens is 1. The highest BCUT2D eigenvalue weighted by Crippen LogP contribution is 2.17. The Hall–Kier alpha value is -1.35. The van der Waals surface area contributed by atoms with Crippen LogP contribution < -0.4 is 10.6 Å². The molecular formula is C6H5F3N2O3S. The Morgan fingerprint density at radius 1 is 1.40 bits per heavy atom. The van der Waals surface area contributed by atoms with Crippen LogP contribution in [0.1, 0.15) is 12.0 Å². The van der Waals surface area contributed by atoms with E-state index in [1.54, 1.807) is 0 Å². The van der Waals surface area contributed by atoms with E-state index in [-0.39, 0.29) is 0 Å². The van der Waals surface area contributed by atoms with Crippen molar-refractivity contribution in [2.75, 3.05) is 0 Å². The molecule has 0 atom stereocenters. The topological polar surface area (TPSA) is 93.0 Å². The average molecular weight is 242 g/mol. The summed E-state index contributed by atoms with van der Waals surface area (Å²) in [5.74, 6) is -1.71. The normalized spacial score (nSPS) is 12.1. The fourth-order valence-corrected chi connectivity index (χ4v) is 1.38. The number of primary sulfonamides is 1. The lowest BCUT2D eigenvalue weighted by atomic mass is 10.3. The highest BCUT2D eigenvalue weighted by atomic mass is 32.2. The number of rotatable bonds is 2. The van der Waals surface area contributed by atoms with Gasteiger partial charge < -0.3 is 4.98 Å². The highest BCUT2D eigenvalue weighted by molar-refractivity contribution is 7.89. The Bertz CT molecular complexity index is 537. The number of pyridine rings is 1. The average Bonchev–Trinajstić information content (AvgIpc) is 1.99. The molecule has 0 saturated heterocycles. The van der Waals surface area contributed by atoms with E-state index in [9.17, 15) is 26.4 Å². The minimum absolute atomic E-state index is 0.305. The van der Waals surface area contributed by atoms with Gasteiger partial charge in [-0.3, -0.25) is 4.79 Å². The predicted molar refractivity (Wildman–Crippen MR) is 43.4 cm³/mol. The molecule has 0 aromatic carbocycles. The van der Waals surface area contributed by atoms with E-state index >= 15 is 0 Å². The molecule has 9 heteroatoms. The standard InChI is InChI=1S/C6H5F3N2O3S/c7-5(8)4-2(12)1-3(11-6(4)9)15(10,13)14/h1,5H,(H,11,12)(H2,10,13,14). The first kappa shape index (κ1) is 11.7. The second-order valence-corrected chi connectivity index (χ2v) is 4.10. The Kier molecular flexibility index (Phi) is 2.86. The Balaban J connectivity index is 3.53. The molecular weight excluding hydrogens is 237 g/mol. The number of sulfonamides is 1. The lowest BCUT2D eigenvalue weighted by Crippen LogP contribution is -2.21. The predicted octanol–water partition coefficient (Wildman–Crippen LogP) is 0.0990. The summed E-state index contributed by atoms with van der Waals surface area (Å²) < 4.78 is 58.3. The number of nitrogens with one attached hydrogen (secondary N) is 1. The highest BCUT2D eigenvalue weighted by Gasteiger charge is 2.21. The van der Waals surface area contributed by atoms with Crippen LogP contribution in [-0.2, 0) is 10.0 Å². The second-order valence-electron chi connectivity index (χ2n) is 2.57. The van der Waals surface area contributed by atoms with Crippen molar-refractivity contribution in [3.8, 4) is 0 Å². The molecule has 0 fully saturated rings. The summed E-state index contributed by atoms with van der Waals surface area (Å²) in [6, 6.07) is 0.305. The van der Waals surface area contributed by atoms with Crippen LogP contribution in [0.15, 0.2) is 15.9 Å². The molecule has 1 heterocycles. The van der Waals surface area contributed by atoms with E-state index in [0.29, 0.717) is 6.07 Å². The SMILES string of the molecule is NS(=O)(=O)c1cc(=O)c(C(F)F)c(F)[nH]1. The zero-order chi connectivity index (χ0) is 11.8. The Morgan fingerprint density at radius 3 is 2.27 bits per heavy atom. The maximum absolute atomic E-state index is 12.8. The summed E-state index contributed by atoms with van der Waals surface area (Å²) in [5, 5.41) is 3.62. The molecule has 0 aliphatic rings. The van der Waals surface area contributed by atoms with Crippen LogP contribution in [0.3, 0.4) is 0 Å². The lowest BCUT2D eigenvalue weighted by Gasteiger charge is -2.03. The minimum atomic E-state index is -4.33. The van der Waals surface area contributed by atoms with E-state index in [0.717, 1.165) is 0 Å². The molecule has 0 spiro atoms. The molecule has 1 aromatic rings. The molecule has 84 valence electrons. The smallest absolute Gasteiger partial charge is 0.271 e. The van der Waals surface area contributed by atoms with E-state index in [1.165, 1.54) is 4.98 Å². The van der Waals surface area contributed by atoms with Crippen LogP contribution in [0.4, 0.5) is 13.2 Å². The van der Waals surface area contributed by atoms with Crippen molar-refractivity contribution in [1.29, 1.82) is 0 Å². The van der Waals surface area contributed by atoms with Gasteiger partial charge in [0.1, 0.15) is 5.56 Å². The number of aromatic amines is 1. The summed E-state index contributed by atoms with van der Waals surface area (Å²) >= 11 is 0. The minimum Gasteiger partial charge on any atom is -0.321 e. The summed E-state index contributed by atoms with van der Waals surface area (Å²) in [6.07, 6.45) is -3.33. The van der Waals surface area contributed by atoms with Crippen LogP contribution >= 0.6 is 0 Å². The molecule has 0 aliphatic carbocycles. The third-order valence-electron chi connectivity index (χ3n) is 1.52. The Morgan fingerprint density at radius 2 is 1.93 bits per heavy atom. The van der Waals surface area contributed by atoms with Crippen molar-refractivity contribution in [1.82, 2.24) is 4.98 Å². The van der Waals surface area contributed by atoms with Gasteiger partial charge in [0.2, 0.25) is 5.95 Å². The third kappa shape index (κ3) is 2.36. The van der Waals surface area contributed by atoms with Gasteiger partial charge in [0, 0.05) is 6.07 Å². The number of nitrogens with two attached hydrogens (primary N) is 1. The van der Waals surface area contributed by atoms with Crippen LogP contribution in [0.5, 0.6) is 0 Å². The number of aromatic nitrogens is 1. The fraction of sp³-hybridized carbons (Fsp3) is 0.167. The fourth-order valence-electron chi connectivity index (χ4n) is 0.873. The van der Waals surface area contributed by atoms with E-state index < -0.39 is 38.4 Å². The van der Waals surface area contributed by atoms with Gasteiger partial charge in [-0.1, -0.05) is 0 Å². The molecule has 0 radical (unpaired) electrons. The molecule has 0 amide bonds. The zero-order valence-electron chi connectivity index (χ0n) is 7.00. The van der Waals surface area contributed by atoms with Gasteiger partial charge in [-0.25, -0.2) is 22.3 Å². The first-order valence-corrected chi connectivity index (χ1v) is 5.02. The van der Waals surface area contributed by atoms with Gasteiger partial charge in [-0.2, -0.15) is 4.39 Å². The van der Waals surface area contributed by atoms with E-state index in [2.05, 4.69) is 5.14 Å². The van der Waals surface area contributed by atoms with Gasteiger partial charge in [0.05, 0.1) is 0 Å². The number of alkyl halides is 2. The van der Waals surface area contributed by atoms with Crippen molar-refractivity contribution in [3.63, 3.8) is 0 Å².